The van der Waals surface area contributed by atoms with E-state index in [0.29, 0.717) is 0 Å². The molecule has 1 saturated heterocycles. The first-order chi connectivity index (χ1) is 13.7. The van der Waals surface area contributed by atoms with Gasteiger partial charge in [0.2, 0.25) is 0 Å². The van der Waals surface area contributed by atoms with Crippen LogP contribution in [0.2, 0.25) is 0 Å². The van der Waals surface area contributed by atoms with Gasteiger partial charge in [0.25, 0.3) is 0 Å². The normalized spacial score (nSPS) is 15.6. The molecule has 0 bridgehead atoms. The van der Waals surface area contributed by atoms with Gasteiger partial charge in [0, 0.05) is 67.8 Å². The molecule has 1 fully saturated rings. The summed E-state index contributed by atoms with van der Waals surface area (Å²) >= 11 is 1.73. The van der Waals surface area contributed by atoms with Crippen LogP contribution in [0.4, 0.5) is 5.82 Å². The van der Waals surface area contributed by atoms with Gasteiger partial charge in [-0.05, 0) is 31.9 Å². The highest BCUT2D eigenvalue weighted by Gasteiger charge is 2.18. The molecule has 0 saturated carbocycles. The molecule has 6 nitrogen and oxygen atoms in total. The van der Waals surface area contributed by atoms with Gasteiger partial charge in [-0.25, -0.2) is 15.0 Å². The first-order valence-corrected chi connectivity index (χ1v) is 10.8. The maximum absolute atomic E-state index is 4.89. The van der Waals surface area contributed by atoms with Crippen molar-refractivity contribution in [2.24, 2.45) is 0 Å². The molecule has 1 aliphatic rings. The molecule has 4 heterocycles. The zero-order valence-corrected chi connectivity index (χ0v) is 17.3. The number of aryl methyl sites for hydroxylation is 2. The van der Waals surface area contributed by atoms with E-state index in [1.807, 2.05) is 12.1 Å². The Morgan fingerprint density at radius 2 is 1.86 bits per heavy atom. The van der Waals surface area contributed by atoms with Crippen molar-refractivity contribution in [3.05, 3.63) is 52.4 Å². The Morgan fingerprint density at radius 1 is 1.00 bits per heavy atom. The molecule has 0 unspecified atom stereocenters. The lowest BCUT2D eigenvalue weighted by Gasteiger charge is -2.23. The second-order valence-electron chi connectivity index (χ2n) is 7.11. The van der Waals surface area contributed by atoms with Crippen LogP contribution < -0.4 is 4.90 Å². The summed E-state index contributed by atoms with van der Waals surface area (Å²) in [7, 11) is 0. The lowest BCUT2D eigenvalue weighted by Crippen LogP contribution is -2.31. The van der Waals surface area contributed by atoms with Gasteiger partial charge in [-0.2, -0.15) is 0 Å². The molecule has 0 atom stereocenters. The van der Waals surface area contributed by atoms with Crippen LogP contribution in [-0.4, -0.2) is 51.0 Å². The monoisotopic (exact) mass is 394 g/mol. The minimum absolute atomic E-state index is 0.788. The Kier molecular flexibility index (Phi) is 5.92. The summed E-state index contributed by atoms with van der Waals surface area (Å²) in [4.78, 5) is 23.2. The highest BCUT2D eigenvalue weighted by Crippen LogP contribution is 2.22. The molecule has 3 aromatic heterocycles. The molecule has 28 heavy (non-hydrogen) atoms. The molecule has 0 amide bonds. The Morgan fingerprint density at radius 3 is 2.61 bits per heavy atom. The lowest BCUT2D eigenvalue weighted by atomic mass is 10.2. The number of hydrogen-bond acceptors (Lipinski definition) is 7. The summed E-state index contributed by atoms with van der Waals surface area (Å²) in [5.41, 5.74) is 3.28. The number of thiazole rings is 1. The van der Waals surface area contributed by atoms with Gasteiger partial charge >= 0.3 is 0 Å². The third-order valence-electron chi connectivity index (χ3n) is 5.03. The van der Waals surface area contributed by atoms with E-state index < -0.39 is 0 Å². The van der Waals surface area contributed by atoms with Crippen LogP contribution in [0.5, 0.6) is 0 Å². The lowest BCUT2D eigenvalue weighted by molar-refractivity contribution is 0.282. The van der Waals surface area contributed by atoms with Crippen molar-refractivity contribution in [1.82, 2.24) is 24.8 Å². The van der Waals surface area contributed by atoms with E-state index in [1.54, 1.807) is 23.7 Å². The number of nitrogens with zero attached hydrogens (tertiary/aromatic N) is 6. The van der Waals surface area contributed by atoms with Gasteiger partial charge in [-0.3, -0.25) is 9.88 Å². The third kappa shape index (κ3) is 4.54. The number of hydrogen-bond donors (Lipinski definition) is 0. The molecule has 7 heteroatoms. The third-order valence-corrected chi connectivity index (χ3v) is 5.85. The molecule has 0 aromatic carbocycles. The fraction of sp³-hybridized carbons (Fsp3) is 0.429. The van der Waals surface area contributed by atoms with Crippen LogP contribution in [0, 0.1) is 6.92 Å². The van der Waals surface area contributed by atoms with Crippen LogP contribution in [0.15, 0.2) is 36.0 Å². The SMILES string of the molecule is CCc1cc(N2CCCN(Cc3csc(C)n3)CC2)nc(-c2ccncc2)n1. The second kappa shape index (κ2) is 8.75. The van der Waals surface area contributed by atoms with Crippen LogP contribution in [0.3, 0.4) is 0 Å². The van der Waals surface area contributed by atoms with Crippen LogP contribution in [0.1, 0.15) is 29.7 Å². The average molecular weight is 395 g/mol. The predicted octanol–water partition coefficient (Wildman–Crippen LogP) is 3.58. The average Bonchev–Trinajstić information content (AvgIpc) is 3.00. The van der Waals surface area contributed by atoms with E-state index in [0.717, 1.165) is 73.5 Å². The van der Waals surface area contributed by atoms with Crippen molar-refractivity contribution in [1.29, 1.82) is 0 Å². The molecular formula is C21H26N6S. The van der Waals surface area contributed by atoms with Gasteiger partial charge in [-0.1, -0.05) is 6.92 Å². The molecule has 0 spiro atoms. The van der Waals surface area contributed by atoms with Crippen molar-refractivity contribution in [3.8, 4) is 11.4 Å². The molecule has 0 radical (unpaired) electrons. The van der Waals surface area contributed by atoms with Gasteiger partial charge < -0.3 is 4.90 Å². The first kappa shape index (κ1) is 19.0. The van der Waals surface area contributed by atoms with Gasteiger partial charge in [-0.15, -0.1) is 11.3 Å². The molecule has 4 rings (SSSR count). The summed E-state index contributed by atoms with van der Waals surface area (Å²) in [5, 5.41) is 3.32. The molecule has 1 aliphatic heterocycles. The topological polar surface area (TPSA) is 58.0 Å². The largest absolute Gasteiger partial charge is 0.355 e. The van der Waals surface area contributed by atoms with Crippen molar-refractivity contribution < 1.29 is 0 Å². The summed E-state index contributed by atoms with van der Waals surface area (Å²) in [5.74, 6) is 1.82. The van der Waals surface area contributed by atoms with Crippen LogP contribution in [-0.2, 0) is 13.0 Å². The second-order valence-corrected chi connectivity index (χ2v) is 8.17. The Hall–Kier alpha value is -2.38. The van der Waals surface area contributed by atoms with E-state index in [-0.39, 0.29) is 0 Å². The van der Waals surface area contributed by atoms with Gasteiger partial charge in [0.05, 0.1) is 10.7 Å². The maximum Gasteiger partial charge on any atom is 0.161 e. The first-order valence-electron chi connectivity index (χ1n) is 9.88. The molecule has 146 valence electrons. The van der Waals surface area contributed by atoms with Crippen LogP contribution >= 0.6 is 11.3 Å². The summed E-state index contributed by atoms with van der Waals surface area (Å²) in [6, 6.07) is 6.08. The number of pyridine rings is 1. The quantitative estimate of drug-likeness (QED) is 0.659. The summed E-state index contributed by atoms with van der Waals surface area (Å²) < 4.78 is 0. The van der Waals surface area contributed by atoms with Crippen molar-refractivity contribution in [3.63, 3.8) is 0 Å². The van der Waals surface area contributed by atoms with Crippen molar-refractivity contribution in [2.45, 2.75) is 33.2 Å². The van der Waals surface area contributed by atoms with Gasteiger partial charge in [0.15, 0.2) is 5.82 Å². The summed E-state index contributed by atoms with van der Waals surface area (Å²) in [6.45, 7) is 9.25. The number of rotatable bonds is 5. The zero-order chi connectivity index (χ0) is 19.3. The minimum atomic E-state index is 0.788. The van der Waals surface area contributed by atoms with E-state index >= 15 is 0 Å². The number of anilines is 1. The zero-order valence-electron chi connectivity index (χ0n) is 16.5. The Labute approximate surface area is 170 Å². The smallest absolute Gasteiger partial charge is 0.161 e. The Bertz CT molecular complexity index is 910. The van der Waals surface area contributed by atoms with Crippen molar-refractivity contribution >= 4 is 17.2 Å². The van der Waals surface area contributed by atoms with E-state index in [4.69, 9.17) is 9.97 Å². The van der Waals surface area contributed by atoms with Gasteiger partial charge in [0.1, 0.15) is 5.82 Å². The van der Waals surface area contributed by atoms with E-state index in [2.05, 4.69) is 45.1 Å². The number of aromatic nitrogens is 4. The highest BCUT2D eigenvalue weighted by molar-refractivity contribution is 7.09. The fourth-order valence-electron chi connectivity index (χ4n) is 3.52. The van der Waals surface area contributed by atoms with Crippen molar-refractivity contribution in [2.75, 3.05) is 31.1 Å². The Balaban J connectivity index is 1.50. The summed E-state index contributed by atoms with van der Waals surface area (Å²) in [6.07, 6.45) is 5.61. The fourth-order valence-corrected chi connectivity index (χ4v) is 4.13. The molecular weight excluding hydrogens is 368 g/mol. The van der Waals surface area contributed by atoms with E-state index in [9.17, 15) is 0 Å². The predicted molar refractivity (Wildman–Crippen MR) is 114 cm³/mol. The molecule has 3 aromatic rings. The minimum Gasteiger partial charge on any atom is -0.355 e. The molecule has 0 N–H and O–H groups in total. The standard InChI is InChI=1S/C21H26N6S/c1-3-18-13-20(25-21(24-18)17-5-7-22-8-6-17)27-10-4-9-26(11-12-27)14-19-15-28-16(2)23-19/h5-8,13,15H,3-4,9-12,14H2,1-2H3. The highest BCUT2D eigenvalue weighted by atomic mass is 32.1. The maximum atomic E-state index is 4.89. The van der Waals surface area contributed by atoms with E-state index in [1.165, 1.54) is 5.69 Å². The molecule has 0 aliphatic carbocycles. The van der Waals surface area contributed by atoms with Crippen LogP contribution in [0.25, 0.3) is 11.4 Å².